The Morgan fingerprint density at radius 1 is 1.24 bits per heavy atom. The van der Waals surface area contributed by atoms with Crippen molar-refractivity contribution in [3.63, 3.8) is 0 Å². The van der Waals surface area contributed by atoms with E-state index in [2.05, 4.69) is 15.0 Å². The maximum atomic E-state index is 13.4. The molecule has 1 aromatic heterocycles. The molecule has 4 rings (SSSR count). The van der Waals surface area contributed by atoms with Gasteiger partial charge in [-0.2, -0.15) is 4.98 Å². The number of likely N-dealkylation sites (tertiary alicyclic amines) is 1. The number of nitrogens with one attached hydrogen (secondary N) is 1. The molecule has 172 valence electrons. The molecule has 33 heavy (non-hydrogen) atoms. The summed E-state index contributed by atoms with van der Waals surface area (Å²) in [6, 6.07) is 13.8. The van der Waals surface area contributed by atoms with Gasteiger partial charge in [-0.05, 0) is 67.4 Å². The first-order valence-corrected chi connectivity index (χ1v) is 10.7. The molecule has 1 fully saturated rings. The van der Waals surface area contributed by atoms with Crippen molar-refractivity contribution < 1.29 is 23.7 Å². The Balaban J connectivity index is 1.24. The van der Waals surface area contributed by atoms with Gasteiger partial charge in [-0.25, -0.2) is 9.87 Å². The summed E-state index contributed by atoms with van der Waals surface area (Å²) >= 11 is 0. The van der Waals surface area contributed by atoms with E-state index in [1.165, 1.54) is 17.6 Å². The first-order chi connectivity index (χ1) is 16.1. The topological polar surface area (TPSA) is 101 Å². The van der Waals surface area contributed by atoms with Crippen molar-refractivity contribution in [3.8, 4) is 5.75 Å². The molecule has 1 aliphatic heterocycles. The summed E-state index contributed by atoms with van der Waals surface area (Å²) < 4.78 is 24.5. The highest BCUT2D eigenvalue weighted by molar-refractivity contribution is 5.90. The fourth-order valence-electron chi connectivity index (χ4n) is 3.76. The predicted molar refractivity (Wildman–Crippen MR) is 118 cm³/mol. The van der Waals surface area contributed by atoms with Crippen LogP contribution in [0.5, 0.6) is 5.75 Å². The molecule has 0 saturated carbocycles. The zero-order valence-electron chi connectivity index (χ0n) is 18.0. The van der Waals surface area contributed by atoms with Crippen LogP contribution in [0.15, 0.2) is 59.1 Å². The molecule has 1 amide bonds. The third kappa shape index (κ3) is 6.47. The average Bonchev–Trinajstić information content (AvgIpc) is 3.31. The van der Waals surface area contributed by atoms with Crippen LogP contribution in [-0.2, 0) is 17.9 Å². The van der Waals surface area contributed by atoms with Gasteiger partial charge < -0.3 is 9.26 Å². The SMILES string of the molecule is O=C(C=Cc1ccc(OCc2nc(C3CCN(Cc4cccc(F)c4)CC3)no2)cc1)NO. The molecule has 0 spiro atoms. The van der Waals surface area contributed by atoms with Gasteiger partial charge in [-0.3, -0.25) is 14.9 Å². The van der Waals surface area contributed by atoms with E-state index in [-0.39, 0.29) is 18.3 Å². The third-order valence-electron chi connectivity index (χ3n) is 5.51. The van der Waals surface area contributed by atoms with Gasteiger partial charge in [0.15, 0.2) is 12.4 Å². The lowest BCUT2D eigenvalue weighted by Gasteiger charge is -2.30. The molecule has 3 aromatic rings. The highest BCUT2D eigenvalue weighted by Gasteiger charge is 2.24. The van der Waals surface area contributed by atoms with Crippen molar-refractivity contribution in [2.45, 2.75) is 31.9 Å². The van der Waals surface area contributed by atoms with E-state index >= 15 is 0 Å². The lowest BCUT2D eigenvalue weighted by molar-refractivity contribution is -0.124. The maximum Gasteiger partial charge on any atom is 0.267 e. The molecule has 0 unspecified atom stereocenters. The highest BCUT2D eigenvalue weighted by Crippen LogP contribution is 2.27. The number of carbonyl (C=O) groups excluding carboxylic acids is 1. The Morgan fingerprint density at radius 3 is 2.76 bits per heavy atom. The summed E-state index contributed by atoms with van der Waals surface area (Å²) in [5.41, 5.74) is 3.30. The number of carbonyl (C=O) groups is 1. The van der Waals surface area contributed by atoms with Gasteiger partial charge in [0, 0.05) is 18.5 Å². The summed E-state index contributed by atoms with van der Waals surface area (Å²) in [6.07, 6.45) is 4.63. The van der Waals surface area contributed by atoms with E-state index in [9.17, 15) is 9.18 Å². The third-order valence-corrected chi connectivity index (χ3v) is 5.51. The normalized spacial score (nSPS) is 15.1. The lowest BCUT2D eigenvalue weighted by Crippen LogP contribution is -2.32. The van der Waals surface area contributed by atoms with E-state index in [0.29, 0.717) is 17.5 Å². The number of rotatable bonds is 8. The number of piperidine rings is 1. The van der Waals surface area contributed by atoms with Gasteiger partial charge in [-0.1, -0.05) is 29.4 Å². The lowest BCUT2D eigenvalue weighted by atomic mass is 9.96. The van der Waals surface area contributed by atoms with E-state index in [1.54, 1.807) is 42.5 Å². The van der Waals surface area contributed by atoms with Crippen LogP contribution >= 0.6 is 0 Å². The molecule has 2 heterocycles. The fourth-order valence-corrected chi connectivity index (χ4v) is 3.76. The number of ether oxygens (including phenoxy) is 1. The van der Waals surface area contributed by atoms with Crippen LogP contribution in [-0.4, -0.2) is 39.2 Å². The summed E-state index contributed by atoms with van der Waals surface area (Å²) in [7, 11) is 0. The predicted octanol–water partition coefficient (Wildman–Crippen LogP) is 3.69. The Hall–Kier alpha value is -3.56. The number of aromatic nitrogens is 2. The van der Waals surface area contributed by atoms with Crippen molar-refractivity contribution in [2.75, 3.05) is 13.1 Å². The number of halogens is 1. The molecule has 0 atom stereocenters. The van der Waals surface area contributed by atoms with Crippen LogP contribution in [0.4, 0.5) is 4.39 Å². The van der Waals surface area contributed by atoms with Crippen molar-refractivity contribution >= 4 is 12.0 Å². The molecule has 1 saturated heterocycles. The molecule has 0 aliphatic carbocycles. The van der Waals surface area contributed by atoms with Crippen LogP contribution in [0.2, 0.25) is 0 Å². The molecular formula is C24H25FN4O4. The van der Waals surface area contributed by atoms with Crippen molar-refractivity contribution in [1.82, 2.24) is 20.5 Å². The van der Waals surface area contributed by atoms with Crippen molar-refractivity contribution in [3.05, 3.63) is 83.3 Å². The number of benzene rings is 2. The molecule has 0 bridgehead atoms. The summed E-state index contributed by atoms with van der Waals surface area (Å²) in [6.45, 7) is 2.68. The average molecular weight is 452 g/mol. The molecule has 8 nitrogen and oxygen atoms in total. The molecule has 2 N–H and O–H groups in total. The number of hydrogen-bond donors (Lipinski definition) is 2. The Bertz CT molecular complexity index is 1090. The zero-order valence-corrected chi connectivity index (χ0v) is 18.0. The number of hydrogen-bond acceptors (Lipinski definition) is 7. The van der Waals surface area contributed by atoms with Gasteiger partial charge in [0.1, 0.15) is 11.6 Å². The smallest absolute Gasteiger partial charge is 0.267 e. The minimum atomic E-state index is -0.597. The van der Waals surface area contributed by atoms with Crippen LogP contribution < -0.4 is 10.2 Å². The minimum Gasteiger partial charge on any atom is -0.484 e. The van der Waals surface area contributed by atoms with Gasteiger partial charge in [0.05, 0.1) is 0 Å². The van der Waals surface area contributed by atoms with Crippen molar-refractivity contribution in [2.24, 2.45) is 0 Å². The summed E-state index contributed by atoms with van der Waals surface area (Å²) in [4.78, 5) is 17.8. The first-order valence-electron chi connectivity index (χ1n) is 10.7. The standard InChI is InChI=1S/C24H25FN4O4/c25-20-3-1-2-18(14-20)15-29-12-10-19(11-13-29)24-26-23(33-28-24)16-32-21-7-4-17(5-8-21)6-9-22(30)27-31/h1-9,14,19,31H,10-13,15-16H2,(H,27,30). The largest absolute Gasteiger partial charge is 0.484 e. The van der Waals surface area contributed by atoms with Crippen LogP contribution in [0.3, 0.4) is 0 Å². The molecule has 2 aromatic carbocycles. The molecular weight excluding hydrogens is 427 g/mol. The van der Waals surface area contributed by atoms with E-state index in [0.717, 1.165) is 43.6 Å². The van der Waals surface area contributed by atoms with E-state index in [1.807, 2.05) is 6.07 Å². The monoisotopic (exact) mass is 452 g/mol. The van der Waals surface area contributed by atoms with Gasteiger partial charge in [-0.15, -0.1) is 0 Å². The number of nitrogens with zero attached hydrogens (tertiary/aromatic N) is 3. The second kappa shape index (κ2) is 10.8. The first kappa shape index (κ1) is 22.6. The van der Waals surface area contributed by atoms with E-state index in [4.69, 9.17) is 14.5 Å². The fraction of sp³-hybridized carbons (Fsp3) is 0.292. The number of hydroxylamine groups is 1. The Morgan fingerprint density at radius 2 is 2.03 bits per heavy atom. The molecule has 0 radical (unpaired) electrons. The maximum absolute atomic E-state index is 13.4. The van der Waals surface area contributed by atoms with Crippen LogP contribution in [0, 0.1) is 5.82 Å². The Kier molecular flexibility index (Phi) is 7.43. The highest BCUT2D eigenvalue weighted by atomic mass is 19.1. The quantitative estimate of drug-likeness (QED) is 0.305. The molecule has 1 aliphatic rings. The van der Waals surface area contributed by atoms with Gasteiger partial charge >= 0.3 is 0 Å². The number of amides is 1. The van der Waals surface area contributed by atoms with Crippen LogP contribution in [0.25, 0.3) is 6.08 Å². The summed E-state index contributed by atoms with van der Waals surface area (Å²) in [5.74, 6) is 1.17. The summed E-state index contributed by atoms with van der Waals surface area (Å²) in [5, 5.41) is 12.6. The molecule has 9 heteroatoms. The second-order valence-electron chi connectivity index (χ2n) is 7.89. The second-order valence-corrected chi connectivity index (χ2v) is 7.89. The van der Waals surface area contributed by atoms with Gasteiger partial charge in [0.2, 0.25) is 0 Å². The van der Waals surface area contributed by atoms with Crippen molar-refractivity contribution in [1.29, 1.82) is 0 Å². The minimum absolute atomic E-state index is 0.160. The Labute approximate surface area is 190 Å². The zero-order chi connectivity index (χ0) is 23.0. The van der Waals surface area contributed by atoms with Crippen LogP contribution in [0.1, 0.15) is 41.6 Å². The van der Waals surface area contributed by atoms with Gasteiger partial charge in [0.25, 0.3) is 11.8 Å². The van der Waals surface area contributed by atoms with E-state index < -0.39 is 5.91 Å².